The predicted molar refractivity (Wildman–Crippen MR) is 108 cm³/mol. The van der Waals surface area contributed by atoms with Gasteiger partial charge in [0.1, 0.15) is 11.5 Å². The second-order valence-electron chi connectivity index (χ2n) is 5.62. The van der Waals surface area contributed by atoms with Gasteiger partial charge in [-0.2, -0.15) is 0 Å². The Bertz CT molecular complexity index is 993. The molecule has 1 aromatic carbocycles. The molecule has 1 amide bonds. The van der Waals surface area contributed by atoms with Crippen LogP contribution in [0.4, 0.5) is 5.13 Å². The van der Waals surface area contributed by atoms with Crippen molar-refractivity contribution in [3.8, 4) is 0 Å². The van der Waals surface area contributed by atoms with Crippen LogP contribution >= 0.6 is 23.1 Å². The Morgan fingerprint density at radius 2 is 2.00 bits per heavy atom. The van der Waals surface area contributed by atoms with Gasteiger partial charge in [0.05, 0.1) is 12.7 Å². The summed E-state index contributed by atoms with van der Waals surface area (Å²) in [6, 6.07) is 10.8. The molecule has 0 atom stereocenters. The summed E-state index contributed by atoms with van der Waals surface area (Å²) in [6.07, 6.45) is 2.98. The number of rotatable bonds is 7. The van der Waals surface area contributed by atoms with E-state index in [1.807, 2.05) is 25.1 Å². The predicted octanol–water partition coefficient (Wildman–Crippen LogP) is 4.17. The minimum absolute atomic E-state index is 0.305. The van der Waals surface area contributed by atoms with Gasteiger partial charge in [0.2, 0.25) is 11.0 Å². The number of hydrogen-bond donors (Lipinski definition) is 1. The third kappa shape index (κ3) is 5.54. The lowest BCUT2D eigenvalue weighted by atomic mass is 10.1. The highest BCUT2D eigenvalue weighted by molar-refractivity contribution is 8.00. The molecule has 0 bridgehead atoms. The smallest absolute Gasteiger partial charge is 0.337 e. The number of furan rings is 1. The Balaban J connectivity index is 1.50. The number of anilines is 1. The van der Waals surface area contributed by atoms with Crippen LogP contribution in [0.1, 0.15) is 27.4 Å². The van der Waals surface area contributed by atoms with E-state index in [0.717, 1.165) is 15.7 Å². The second-order valence-corrected chi connectivity index (χ2v) is 7.82. The van der Waals surface area contributed by atoms with Crippen LogP contribution in [0.25, 0.3) is 6.08 Å². The Labute approximate surface area is 169 Å². The number of carbonyl (C=O) groups excluding carboxylic acids is 2. The van der Waals surface area contributed by atoms with Gasteiger partial charge >= 0.3 is 5.97 Å². The number of benzene rings is 1. The van der Waals surface area contributed by atoms with Crippen LogP contribution in [0.2, 0.25) is 0 Å². The van der Waals surface area contributed by atoms with Gasteiger partial charge in [-0.3, -0.25) is 10.1 Å². The molecule has 0 radical (unpaired) electrons. The van der Waals surface area contributed by atoms with Gasteiger partial charge in [-0.15, -0.1) is 10.2 Å². The molecule has 0 unspecified atom stereocenters. The minimum Gasteiger partial charge on any atom is -0.465 e. The second kappa shape index (κ2) is 9.34. The summed E-state index contributed by atoms with van der Waals surface area (Å²) >= 11 is 2.79. The van der Waals surface area contributed by atoms with Crippen LogP contribution in [0.3, 0.4) is 0 Å². The molecule has 7 nitrogen and oxygen atoms in total. The number of nitrogens with one attached hydrogen (secondary N) is 1. The van der Waals surface area contributed by atoms with Crippen LogP contribution in [0, 0.1) is 6.92 Å². The standard InChI is InChI=1S/C19H17N3O4S2/c1-12-3-8-15(26-12)9-10-16(23)20-18-21-22-19(28-18)27-11-13-4-6-14(7-5-13)17(24)25-2/h3-10H,11H2,1-2H3,(H,20,21,23). The van der Waals surface area contributed by atoms with Crippen LogP contribution in [-0.4, -0.2) is 29.2 Å². The lowest BCUT2D eigenvalue weighted by molar-refractivity contribution is -0.111. The van der Waals surface area contributed by atoms with Gasteiger partial charge in [-0.1, -0.05) is 35.2 Å². The molecule has 144 valence electrons. The normalized spacial score (nSPS) is 10.9. The van der Waals surface area contributed by atoms with Crippen LogP contribution in [0.5, 0.6) is 0 Å². The largest absolute Gasteiger partial charge is 0.465 e. The Morgan fingerprint density at radius 3 is 2.68 bits per heavy atom. The van der Waals surface area contributed by atoms with Gasteiger partial charge in [0.15, 0.2) is 4.34 Å². The van der Waals surface area contributed by atoms with Crippen molar-refractivity contribution in [2.75, 3.05) is 12.4 Å². The number of hydrogen-bond acceptors (Lipinski definition) is 8. The average molecular weight is 415 g/mol. The third-order valence-corrected chi connectivity index (χ3v) is 5.58. The highest BCUT2D eigenvalue weighted by Crippen LogP contribution is 2.28. The SMILES string of the molecule is COC(=O)c1ccc(CSc2nnc(NC(=O)C=Cc3ccc(C)o3)s2)cc1. The highest BCUT2D eigenvalue weighted by Gasteiger charge is 2.09. The molecule has 1 N–H and O–H groups in total. The first kappa shape index (κ1) is 19.8. The topological polar surface area (TPSA) is 94.3 Å². The van der Waals surface area contributed by atoms with Crippen molar-refractivity contribution < 1.29 is 18.7 Å². The van der Waals surface area contributed by atoms with E-state index >= 15 is 0 Å². The zero-order chi connectivity index (χ0) is 19.9. The lowest BCUT2D eigenvalue weighted by Crippen LogP contribution is -2.07. The molecular formula is C19H17N3O4S2. The summed E-state index contributed by atoms with van der Waals surface area (Å²) in [7, 11) is 1.35. The first-order valence-electron chi connectivity index (χ1n) is 8.22. The van der Waals surface area contributed by atoms with E-state index in [0.29, 0.717) is 22.2 Å². The quantitative estimate of drug-likeness (QED) is 0.268. The van der Waals surface area contributed by atoms with Crippen molar-refractivity contribution in [1.82, 2.24) is 10.2 Å². The summed E-state index contributed by atoms with van der Waals surface area (Å²) in [5.74, 6) is 1.40. The van der Waals surface area contributed by atoms with Crippen molar-refractivity contribution >= 4 is 46.2 Å². The molecule has 2 aromatic heterocycles. The summed E-state index contributed by atoms with van der Waals surface area (Å²) in [4.78, 5) is 23.4. The molecule has 0 aliphatic rings. The molecule has 0 aliphatic heterocycles. The molecule has 0 fully saturated rings. The van der Waals surface area contributed by atoms with Crippen molar-refractivity contribution in [3.05, 3.63) is 65.1 Å². The Morgan fingerprint density at radius 1 is 1.21 bits per heavy atom. The fourth-order valence-electron chi connectivity index (χ4n) is 2.17. The van der Waals surface area contributed by atoms with E-state index in [1.54, 1.807) is 24.3 Å². The molecule has 9 heteroatoms. The number of ether oxygens (including phenoxy) is 1. The number of aromatic nitrogens is 2. The fraction of sp³-hybridized carbons (Fsp3) is 0.158. The number of carbonyl (C=O) groups is 2. The molecule has 0 saturated carbocycles. The van der Waals surface area contributed by atoms with Crippen LogP contribution in [-0.2, 0) is 15.3 Å². The first-order valence-corrected chi connectivity index (χ1v) is 10.0. The summed E-state index contributed by atoms with van der Waals surface area (Å²) in [5, 5.41) is 11.1. The maximum absolute atomic E-state index is 11.9. The van der Waals surface area contributed by atoms with Crippen molar-refractivity contribution in [3.63, 3.8) is 0 Å². The molecule has 3 rings (SSSR count). The third-order valence-electron chi connectivity index (χ3n) is 3.53. The van der Waals surface area contributed by atoms with E-state index in [4.69, 9.17) is 4.42 Å². The maximum atomic E-state index is 11.9. The fourth-order valence-corrected chi connectivity index (χ4v) is 3.88. The number of amides is 1. The van der Waals surface area contributed by atoms with Crippen LogP contribution < -0.4 is 5.32 Å². The number of thioether (sulfide) groups is 1. The summed E-state index contributed by atoms with van der Waals surface area (Å²) in [6.45, 7) is 1.84. The van der Waals surface area contributed by atoms with E-state index < -0.39 is 0 Å². The van der Waals surface area contributed by atoms with Crippen molar-refractivity contribution in [2.45, 2.75) is 17.0 Å². The van der Waals surface area contributed by atoms with E-state index in [-0.39, 0.29) is 11.9 Å². The summed E-state index contributed by atoms with van der Waals surface area (Å²) < 4.78 is 10.8. The van der Waals surface area contributed by atoms with E-state index in [1.165, 1.54) is 36.3 Å². The van der Waals surface area contributed by atoms with Crippen LogP contribution in [0.15, 0.2) is 51.2 Å². The molecule has 2 heterocycles. The van der Waals surface area contributed by atoms with Crippen molar-refractivity contribution in [1.29, 1.82) is 0 Å². The van der Waals surface area contributed by atoms with Gasteiger partial charge in [0.25, 0.3) is 0 Å². The minimum atomic E-state index is -0.361. The number of aryl methyl sites for hydroxylation is 1. The molecule has 28 heavy (non-hydrogen) atoms. The highest BCUT2D eigenvalue weighted by atomic mass is 32.2. The van der Waals surface area contributed by atoms with Crippen molar-refractivity contribution in [2.24, 2.45) is 0 Å². The first-order chi connectivity index (χ1) is 13.5. The zero-order valence-corrected chi connectivity index (χ0v) is 16.8. The van der Waals surface area contributed by atoms with E-state index in [9.17, 15) is 9.59 Å². The Hall–Kier alpha value is -2.91. The monoisotopic (exact) mass is 415 g/mol. The lowest BCUT2D eigenvalue weighted by Gasteiger charge is -2.01. The van der Waals surface area contributed by atoms with Gasteiger partial charge in [-0.05, 0) is 42.8 Å². The van der Waals surface area contributed by atoms with E-state index in [2.05, 4.69) is 20.3 Å². The molecule has 0 saturated heterocycles. The summed E-state index contributed by atoms with van der Waals surface area (Å²) in [5.41, 5.74) is 1.55. The number of esters is 1. The van der Waals surface area contributed by atoms with Gasteiger partial charge in [0, 0.05) is 11.8 Å². The molecule has 0 spiro atoms. The molecule has 3 aromatic rings. The van der Waals surface area contributed by atoms with Gasteiger partial charge in [-0.25, -0.2) is 4.79 Å². The number of methoxy groups -OCH3 is 1. The molecule has 0 aliphatic carbocycles. The zero-order valence-electron chi connectivity index (χ0n) is 15.2. The number of nitrogens with zero attached hydrogens (tertiary/aromatic N) is 2. The Kier molecular flexibility index (Phi) is 6.62. The molecular weight excluding hydrogens is 398 g/mol. The maximum Gasteiger partial charge on any atom is 0.337 e. The average Bonchev–Trinajstić information content (AvgIpc) is 3.33. The van der Waals surface area contributed by atoms with Gasteiger partial charge < -0.3 is 9.15 Å².